The van der Waals surface area contributed by atoms with Gasteiger partial charge < -0.3 is 0 Å². The van der Waals surface area contributed by atoms with Crippen LogP contribution in [0.4, 0.5) is 0 Å². The molecule has 0 aliphatic heterocycles. The molecule has 0 saturated carbocycles. The maximum Gasteiger partial charge on any atom is 0.0499 e. The maximum atomic E-state index is 4.54. The number of hydrogen-bond acceptors (Lipinski definition) is 2. The first-order chi connectivity index (χ1) is 7.49. The fraction of sp³-hybridized carbons (Fsp3) is 1.00. The van der Waals surface area contributed by atoms with Gasteiger partial charge in [-0.1, -0.05) is 45.3 Å². The highest BCUT2D eigenvalue weighted by Crippen LogP contribution is 2.15. The molecule has 0 aromatic rings. The van der Waals surface area contributed by atoms with Crippen LogP contribution in [0.25, 0.3) is 0 Å². The molecule has 0 rings (SSSR count). The minimum atomic E-state index is -0.417. The van der Waals surface area contributed by atoms with E-state index in [0.717, 1.165) is 5.54 Å². The Kier molecular flexibility index (Phi) is 9.86. The molecule has 0 aromatic carbocycles. The normalized spacial score (nSPS) is 15.8. The predicted molar refractivity (Wildman–Crippen MR) is 82.5 cm³/mol. The topological polar surface area (TPSA) is 3.24 Å². The summed E-state index contributed by atoms with van der Waals surface area (Å²) in [7, 11) is -0.417. The van der Waals surface area contributed by atoms with E-state index in [1.165, 1.54) is 38.4 Å². The lowest BCUT2D eigenvalue weighted by molar-refractivity contribution is 0.264. The Morgan fingerprint density at radius 1 is 1.12 bits per heavy atom. The van der Waals surface area contributed by atoms with E-state index in [0.29, 0.717) is 5.37 Å². The SMILES string of the molecule is CCCN(CCCC[SiH](C)C(C)C)C(C)S. The van der Waals surface area contributed by atoms with Crippen LogP contribution in [-0.4, -0.2) is 32.2 Å². The molecule has 0 aromatic heterocycles. The van der Waals surface area contributed by atoms with Crippen molar-refractivity contribution in [1.29, 1.82) is 0 Å². The monoisotopic (exact) mass is 261 g/mol. The maximum absolute atomic E-state index is 4.54. The smallest absolute Gasteiger partial charge is 0.0499 e. The zero-order valence-corrected chi connectivity index (χ0v) is 13.9. The second-order valence-electron chi connectivity index (χ2n) is 5.38. The second-order valence-corrected chi connectivity index (χ2v) is 10.00. The minimum absolute atomic E-state index is 0.416. The quantitative estimate of drug-likeness (QED) is 0.284. The van der Waals surface area contributed by atoms with Crippen molar-refractivity contribution in [2.75, 3.05) is 13.1 Å². The van der Waals surface area contributed by atoms with Crippen molar-refractivity contribution in [1.82, 2.24) is 4.90 Å². The number of nitrogens with zero attached hydrogens (tertiary/aromatic N) is 1. The van der Waals surface area contributed by atoms with Gasteiger partial charge in [-0.15, -0.1) is 0 Å². The highest BCUT2D eigenvalue weighted by atomic mass is 32.1. The van der Waals surface area contributed by atoms with Gasteiger partial charge in [0.05, 0.1) is 0 Å². The molecule has 2 atom stereocenters. The van der Waals surface area contributed by atoms with Gasteiger partial charge in [-0.2, -0.15) is 12.6 Å². The van der Waals surface area contributed by atoms with E-state index < -0.39 is 8.80 Å². The lowest BCUT2D eigenvalue weighted by Gasteiger charge is -2.25. The summed E-state index contributed by atoms with van der Waals surface area (Å²) in [4.78, 5) is 2.49. The van der Waals surface area contributed by atoms with Gasteiger partial charge in [0.15, 0.2) is 0 Å². The Balaban J connectivity index is 3.62. The van der Waals surface area contributed by atoms with Gasteiger partial charge in [0.25, 0.3) is 0 Å². The molecule has 0 radical (unpaired) electrons. The third kappa shape index (κ3) is 7.74. The summed E-state index contributed by atoms with van der Waals surface area (Å²) in [5, 5.41) is 0.416. The Morgan fingerprint density at radius 3 is 2.19 bits per heavy atom. The first-order valence-electron chi connectivity index (χ1n) is 6.91. The molecule has 0 aliphatic carbocycles. The highest BCUT2D eigenvalue weighted by molar-refractivity contribution is 7.80. The van der Waals surface area contributed by atoms with Gasteiger partial charge >= 0.3 is 0 Å². The predicted octanol–water partition coefficient (Wildman–Crippen LogP) is 4.02. The van der Waals surface area contributed by atoms with Crippen molar-refractivity contribution in [2.24, 2.45) is 0 Å². The summed E-state index contributed by atoms with van der Waals surface area (Å²) >= 11 is 4.54. The van der Waals surface area contributed by atoms with Crippen molar-refractivity contribution in [2.45, 2.75) is 70.5 Å². The van der Waals surface area contributed by atoms with Crippen LogP contribution in [0.5, 0.6) is 0 Å². The van der Waals surface area contributed by atoms with E-state index in [2.05, 4.69) is 51.8 Å². The van der Waals surface area contributed by atoms with Crippen LogP contribution < -0.4 is 0 Å². The fourth-order valence-electron chi connectivity index (χ4n) is 1.89. The summed E-state index contributed by atoms with van der Waals surface area (Å²) in [5.41, 5.74) is 0.968. The third-order valence-corrected chi connectivity index (χ3v) is 7.45. The molecule has 98 valence electrons. The van der Waals surface area contributed by atoms with Crippen LogP contribution in [-0.2, 0) is 0 Å². The van der Waals surface area contributed by atoms with E-state index in [9.17, 15) is 0 Å². The molecule has 1 nitrogen and oxygen atoms in total. The highest BCUT2D eigenvalue weighted by Gasteiger charge is 2.10. The van der Waals surface area contributed by atoms with E-state index in [1.807, 2.05) is 0 Å². The third-order valence-electron chi connectivity index (χ3n) is 3.53. The van der Waals surface area contributed by atoms with Gasteiger partial charge in [0.1, 0.15) is 0 Å². The lowest BCUT2D eigenvalue weighted by atomic mass is 10.3. The molecule has 0 aliphatic rings. The van der Waals surface area contributed by atoms with Crippen molar-refractivity contribution in [3.63, 3.8) is 0 Å². The zero-order valence-electron chi connectivity index (χ0n) is 11.9. The van der Waals surface area contributed by atoms with Crippen molar-refractivity contribution < 1.29 is 0 Å². The summed E-state index contributed by atoms with van der Waals surface area (Å²) in [6.45, 7) is 14.1. The molecule has 0 bridgehead atoms. The van der Waals surface area contributed by atoms with Crippen LogP contribution in [0, 0.1) is 0 Å². The number of hydrogen-bond donors (Lipinski definition) is 1. The average molecular weight is 262 g/mol. The van der Waals surface area contributed by atoms with Crippen molar-refractivity contribution >= 4 is 21.4 Å². The van der Waals surface area contributed by atoms with Gasteiger partial charge in [-0.3, -0.25) is 4.90 Å². The summed E-state index contributed by atoms with van der Waals surface area (Å²) in [5.74, 6) is 0. The molecule has 0 amide bonds. The molecule has 0 fully saturated rings. The summed E-state index contributed by atoms with van der Waals surface area (Å²) in [6.07, 6.45) is 4.02. The van der Waals surface area contributed by atoms with Crippen LogP contribution in [0.15, 0.2) is 0 Å². The van der Waals surface area contributed by atoms with Gasteiger partial charge in [0, 0.05) is 14.2 Å². The second kappa shape index (κ2) is 9.55. The van der Waals surface area contributed by atoms with E-state index in [-0.39, 0.29) is 0 Å². The Morgan fingerprint density at radius 2 is 1.75 bits per heavy atom. The van der Waals surface area contributed by atoms with Gasteiger partial charge in [0.2, 0.25) is 0 Å². The van der Waals surface area contributed by atoms with Gasteiger partial charge in [-0.25, -0.2) is 0 Å². The molecular formula is C13H31NSSi. The Bertz CT molecular complexity index is 162. The number of rotatable bonds is 9. The molecule has 3 heteroatoms. The molecule has 16 heavy (non-hydrogen) atoms. The molecule has 0 N–H and O–H groups in total. The number of unbranched alkanes of at least 4 members (excludes halogenated alkanes) is 1. The lowest BCUT2D eigenvalue weighted by Crippen LogP contribution is -2.31. The Hall–Kier alpha value is 0.527. The largest absolute Gasteiger partial charge is 0.292 e. The summed E-state index contributed by atoms with van der Waals surface area (Å²) in [6, 6.07) is 1.51. The van der Waals surface area contributed by atoms with Crippen LogP contribution in [0.1, 0.15) is 47.0 Å². The number of thiol groups is 1. The van der Waals surface area contributed by atoms with Crippen LogP contribution >= 0.6 is 12.6 Å². The van der Waals surface area contributed by atoms with Crippen molar-refractivity contribution in [3.05, 3.63) is 0 Å². The zero-order chi connectivity index (χ0) is 12.6. The Labute approximate surface area is 110 Å². The fourth-order valence-corrected chi connectivity index (χ4v) is 3.72. The van der Waals surface area contributed by atoms with E-state index in [4.69, 9.17) is 0 Å². The summed E-state index contributed by atoms with van der Waals surface area (Å²) < 4.78 is 0. The molecule has 0 spiro atoms. The van der Waals surface area contributed by atoms with Crippen molar-refractivity contribution in [3.8, 4) is 0 Å². The first-order valence-corrected chi connectivity index (χ1v) is 10.1. The standard InChI is InChI=1S/C13H31NSSi/c1-6-9-14(13(4)15)10-7-8-11-16(5)12(2)3/h12-13,15-16H,6-11H2,1-5H3. The van der Waals surface area contributed by atoms with Crippen LogP contribution in [0.2, 0.25) is 18.1 Å². The average Bonchev–Trinajstić information content (AvgIpc) is 2.21. The molecule has 0 saturated heterocycles. The van der Waals surface area contributed by atoms with Gasteiger partial charge in [-0.05, 0) is 32.9 Å². The van der Waals surface area contributed by atoms with E-state index >= 15 is 0 Å². The first kappa shape index (κ1) is 16.5. The minimum Gasteiger partial charge on any atom is -0.292 e. The van der Waals surface area contributed by atoms with E-state index in [1.54, 1.807) is 0 Å². The van der Waals surface area contributed by atoms with Crippen LogP contribution in [0.3, 0.4) is 0 Å². The molecular weight excluding hydrogens is 230 g/mol. The molecule has 0 heterocycles. The molecule has 2 unspecified atom stereocenters.